The van der Waals surface area contributed by atoms with Crippen molar-refractivity contribution in [1.82, 2.24) is 10.2 Å². The molecule has 0 unspecified atom stereocenters. The third-order valence-electron chi connectivity index (χ3n) is 4.87. The van der Waals surface area contributed by atoms with E-state index in [2.05, 4.69) is 25.7 Å². The molecule has 4 rings (SSSR count). The van der Waals surface area contributed by atoms with Gasteiger partial charge in [-0.15, -0.1) is 10.2 Å². The number of carbonyl (C=O) groups excluding carboxylic acids is 1. The number of hydrogen-bond donors (Lipinski definition) is 2. The molecule has 1 saturated heterocycles. The fourth-order valence-electron chi connectivity index (χ4n) is 3.37. The molecule has 2 amide bonds. The van der Waals surface area contributed by atoms with Gasteiger partial charge in [0.05, 0.1) is 16.4 Å². The number of aromatic nitrogens is 2. The molecule has 7 heteroatoms. The topological polar surface area (TPSA) is 70.2 Å². The van der Waals surface area contributed by atoms with E-state index in [1.165, 1.54) is 12.8 Å². The van der Waals surface area contributed by atoms with Crippen LogP contribution in [0.2, 0.25) is 5.02 Å². The third kappa shape index (κ3) is 4.66. The number of hydrogen-bond acceptors (Lipinski definition) is 4. The molecular weight excluding hydrogens is 386 g/mol. The monoisotopic (exact) mass is 407 g/mol. The first kappa shape index (κ1) is 19.2. The Kier molecular flexibility index (Phi) is 5.62. The highest BCUT2D eigenvalue weighted by molar-refractivity contribution is 6.33. The first-order valence-electron chi connectivity index (χ1n) is 9.62. The lowest BCUT2D eigenvalue weighted by Gasteiger charge is -2.15. The predicted octanol–water partition coefficient (Wildman–Crippen LogP) is 5.35. The highest BCUT2D eigenvalue weighted by Gasteiger charge is 2.14. The molecule has 0 aliphatic carbocycles. The molecule has 2 N–H and O–H groups in total. The van der Waals surface area contributed by atoms with E-state index in [0.29, 0.717) is 16.4 Å². The lowest BCUT2D eigenvalue weighted by atomic mass is 10.1. The lowest BCUT2D eigenvalue weighted by Crippen LogP contribution is -2.19. The minimum atomic E-state index is -0.356. The third-order valence-corrected chi connectivity index (χ3v) is 5.20. The van der Waals surface area contributed by atoms with Gasteiger partial charge >= 0.3 is 6.03 Å². The van der Waals surface area contributed by atoms with Gasteiger partial charge in [-0.1, -0.05) is 29.8 Å². The fraction of sp³-hybridized carbons (Fsp3) is 0.227. The minimum absolute atomic E-state index is 0.356. The summed E-state index contributed by atoms with van der Waals surface area (Å²) in [5.74, 6) is 0.912. The second-order valence-electron chi connectivity index (χ2n) is 7.11. The summed E-state index contributed by atoms with van der Waals surface area (Å²) < 4.78 is 0. The van der Waals surface area contributed by atoms with Gasteiger partial charge in [0, 0.05) is 24.3 Å². The maximum atomic E-state index is 12.4. The lowest BCUT2D eigenvalue weighted by molar-refractivity contribution is 0.262. The van der Waals surface area contributed by atoms with Crippen LogP contribution in [0.4, 0.5) is 22.0 Å². The van der Waals surface area contributed by atoms with Crippen LogP contribution < -0.4 is 15.5 Å². The number of nitrogens with zero attached hydrogens (tertiary/aromatic N) is 3. The molecule has 0 saturated carbocycles. The van der Waals surface area contributed by atoms with E-state index >= 15 is 0 Å². The molecule has 0 radical (unpaired) electrons. The van der Waals surface area contributed by atoms with Gasteiger partial charge in [0.15, 0.2) is 5.82 Å². The predicted molar refractivity (Wildman–Crippen MR) is 118 cm³/mol. The largest absolute Gasteiger partial charge is 0.355 e. The Labute approximate surface area is 174 Å². The summed E-state index contributed by atoms with van der Waals surface area (Å²) in [6, 6.07) is 16.6. The molecular formula is C22H22ClN5O. The molecule has 2 aromatic carbocycles. The van der Waals surface area contributed by atoms with Crippen LogP contribution in [0.3, 0.4) is 0 Å². The van der Waals surface area contributed by atoms with Gasteiger partial charge in [0.2, 0.25) is 0 Å². The van der Waals surface area contributed by atoms with Gasteiger partial charge in [-0.25, -0.2) is 4.79 Å². The Balaban J connectivity index is 1.45. The molecule has 1 aliphatic heterocycles. The highest BCUT2D eigenvalue weighted by Crippen LogP contribution is 2.25. The van der Waals surface area contributed by atoms with Crippen LogP contribution in [0.1, 0.15) is 18.4 Å². The van der Waals surface area contributed by atoms with E-state index in [0.717, 1.165) is 35.7 Å². The van der Waals surface area contributed by atoms with Crippen LogP contribution in [-0.2, 0) is 0 Å². The van der Waals surface area contributed by atoms with E-state index < -0.39 is 0 Å². The van der Waals surface area contributed by atoms with Crippen molar-refractivity contribution in [3.05, 3.63) is 65.2 Å². The zero-order valence-corrected chi connectivity index (χ0v) is 16.9. The molecule has 1 aromatic heterocycles. The number of aryl methyl sites for hydroxylation is 1. The van der Waals surface area contributed by atoms with Crippen molar-refractivity contribution in [2.75, 3.05) is 28.6 Å². The number of urea groups is 1. The van der Waals surface area contributed by atoms with E-state index in [4.69, 9.17) is 11.6 Å². The Hall–Kier alpha value is -3.12. The minimum Gasteiger partial charge on any atom is -0.355 e. The second kappa shape index (κ2) is 8.49. The van der Waals surface area contributed by atoms with Crippen molar-refractivity contribution in [3.8, 4) is 11.3 Å². The number of rotatable bonds is 4. The highest BCUT2D eigenvalue weighted by atomic mass is 35.5. The van der Waals surface area contributed by atoms with Gasteiger partial charge in [-0.3, -0.25) is 0 Å². The van der Waals surface area contributed by atoms with Gasteiger partial charge in [-0.05, 0) is 61.7 Å². The average Bonchev–Trinajstić information content (AvgIpc) is 3.26. The zero-order valence-electron chi connectivity index (χ0n) is 16.2. The Morgan fingerprint density at radius 3 is 2.59 bits per heavy atom. The smallest absolute Gasteiger partial charge is 0.323 e. The van der Waals surface area contributed by atoms with Crippen LogP contribution in [0.5, 0.6) is 0 Å². The molecule has 29 heavy (non-hydrogen) atoms. The van der Waals surface area contributed by atoms with Crippen LogP contribution in [-0.4, -0.2) is 29.3 Å². The van der Waals surface area contributed by atoms with Crippen LogP contribution in [0.25, 0.3) is 11.3 Å². The first-order valence-corrected chi connectivity index (χ1v) is 9.99. The number of nitrogens with one attached hydrogen (secondary N) is 2. The van der Waals surface area contributed by atoms with Crippen LogP contribution >= 0.6 is 11.6 Å². The normalized spacial score (nSPS) is 13.4. The number of amides is 2. The van der Waals surface area contributed by atoms with Gasteiger partial charge < -0.3 is 15.5 Å². The Morgan fingerprint density at radius 1 is 1.00 bits per heavy atom. The van der Waals surface area contributed by atoms with Gasteiger partial charge in [0.25, 0.3) is 0 Å². The van der Waals surface area contributed by atoms with E-state index in [9.17, 15) is 4.79 Å². The summed E-state index contributed by atoms with van der Waals surface area (Å²) in [5.41, 5.74) is 3.90. The maximum absolute atomic E-state index is 12.4. The molecule has 3 aromatic rings. The van der Waals surface area contributed by atoms with Crippen LogP contribution in [0, 0.1) is 6.92 Å². The first-order chi connectivity index (χ1) is 14.1. The summed E-state index contributed by atoms with van der Waals surface area (Å²) >= 11 is 6.15. The van der Waals surface area contributed by atoms with Crippen molar-refractivity contribution in [3.63, 3.8) is 0 Å². The molecule has 1 aliphatic rings. The number of halogens is 1. The Morgan fingerprint density at radius 2 is 1.83 bits per heavy atom. The molecule has 6 nitrogen and oxygen atoms in total. The van der Waals surface area contributed by atoms with Crippen molar-refractivity contribution in [2.45, 2.75) is 19.8 Å². The SMILES string of the molecule is Cc1ccc(Cl)c(NC(=O)Nc2cccc(-c3ccc(N4CCCC4)nn3)c2)c1. The summed E-state index contributed by atoms with van der Waals surface area (Å²) in [6.07, 6.45) is 2.40. The van der Waals surface area contributed by atoms with E-state index in [-0.39, 0.29) is 6.03 Å². The molecule has 0 atom stereocenters. The standard InChI is InChI=1S/C22H22ClN5O/c1-15-7-8-18(23)20(13-15)25-22(29)24-17-6-4-5-16(14-17)19-9-10-21(27-26-19)28-11-2-3-12-28/h4-10,13-14H,2-3,11-12H2,1H3,(H2,24,25,29). The molecule has 0 spiro atoms. The quantitative estimate of drug-likeness (QED) is 0.611. The molecule has 148 valence electrons. The van der Waals surface area contributed by atoms with Crippen molar-refractivity contribution < 1.29 is 4.79 Å². The fourth-order valence-corrected chi connectivity index (χ4v) is 3.53. The Bertz CT molecular complexity index is 1020. The number of carbonyl (C=O) groups is 1. The van der Waals surface area contributed by atoms with Crippen LogP contribution in [0.15, 0.2) is 54.6 Å². The van der Waals surface area contributed by atoms with Crippen molar-refractivity contribution in [2.24, 2.45) is 0 Å². The summed E-state index contributed by atoms with van der Waals surface area (Å²) in [5, 5.41) is 14.8. The maximum Gasteiger partial charge on any atom is 0.323 e. The number of benzene rings is 2. The zero-order chi connectivity index (χ0) is 20.2. The second-order valence-corrected chi connectivity index (χ2v) is 7.52. The van der Waals surface area contributed by atoms with E-state index in [1.54, 1.807) is 6.07 Å². The molecule has 1 fully saturated rings. The van der Waals surface area contributed by atoms with Gasteiger partial charge in [0.1, 0.15) is 0 Å². The number of anilines is 3. The van der Waals surface area contributed by atoms with Crippen molar-refractivity contribution >= 4 is 34.8 Å². The summed E-state index contributed by atoms with van der Waals surface area (Å²) in [7, 11) is 0. The van der Waals surface area contributed by atoms with Gasteiger partial charge in [-0.2, -0.15) is 0 Å². The molecule has 2 heterocycles. The molecule has 0 bridgehead atoms. The average molecular weight is 408 g/mol. The van der Waals surface area contributed by atoms with E-state index in [1.807, 2.05) is 55.5 Å². The summed E-state index contributed by atoms with van der Waals surface area (Å²) in [6.45, 7) is 4.01. The van der Waals surface area contributed by atoms with Crippen molar-refractivity contribution in [1.29, 1.82) is 0 Å². The summed E-state index contributed by atoms with van der Waals surface area (Å²) in [4.78, 5) is 14.6.